The van der Waals surface area contributed by atoms with E-state index in [1.54, 1.807) is 30.3 Å². The lowest BCUT2D eigenvalue weighted by Crippen LogP contribution is -2.40. The fourth-order valence-corrected chi connectivity index (χ4v) is 4.40. The lowest BCUT2D eigenvalue weighted by molar-refractivity contribution is -0.111. The molecule has 28 heavy (non-hydrogen) atoms. The van der Waals surface area contributed by atoms with Gasteiger partial charge in [0.2, 0.25) is 15.9 Å². The molecule has 148 valence electrons. The van der Waals surface area contributed by atoms with Crippen LogP contribution in [0.3, 0.4) is 0 Å². The van der Waals surface area contributed by atoms with Gasteiger partial charge in [-0.3, -0.25) is 4.79 Å². The smallest absolute Gasteiger partial charge is 0.248 e. The molecule has 1 heterocycles. The minimum Gasteiger partial charge on any atom is -0.379 e. The van der Waals surface area contributed by atoms with Crippen molar-refractivity contribution in [2.24, 2.45) is 0 Å². The van der Waals surface area contributed by atoms with E-state index >= 15 is 0 Å². The number of hydrogen-bond donors (Lipinski definition) is 1. The molecule has 0 saturated carbocycles. The quantitative estimate of drug-likeness (QED) is 0.783. The first kappa shape index (κ1) is 20.3. The Kier molecular flexibility index (Phi) is 6.28. The summed E-state index contributed by atoms with van der Waals surface area (Å²) < 4.78 is 31.9. The third-order valence-corrected chi connectivity index (χ3v) is 6.47. The number of anilines is 1. The van der Waals surface area contributed by atoms with E-state index in [0.29, 0.717) is 26.3 Å². The average molecular weight is 401 g/mol. The predicted octanol–water partition coefficient (Wildman–Crippen LogP) is 2.98. The van der Waals surface area contributed by atoms with Crippen molar-refractivity contribution in [2.45, 2.75) is 18.7 Å². The summed E-state index contributed by atoms with van der Waals surface area (Å²) in [5.74, 6) is -0.239. The molecule has 0 atom stereocenters. The first-order valence-electron chi connectivity index (χ1n) is 9.10. The van der Waals surface area contributed by atoms with Gasteiger partial charge in [0.05, 0.1) is 18.1 Å². The monoisotopic (exact) mass is 400 g/mol. The fourth-order valence-electron chi connectivity index (χ4n) is 2.99. The standard InChI is InChI=1S/C21H24N2O4S/c1-16-3-9-20(17(2)15-16)22-21(24)10-6-18-4-7-19(8-5-18)28(25,26)23-11-13-27-14-12-23/h3-10,15H,11-14H2,1-2H3,(H,22,24). The number of carbonyl (C=O) groups excluding carboxylic acids is 1. The van der Waals surface area contributed by atoms with Crippen LogP contribution in [0.25, 0.3) is 6.08 Å². The number of morpholine rings is 1. The zero-order chi connectivity index (χ0) is 20.1. The maximum atomic E-state index is 12.6. The third kappa shape index (κ3) is 4.86. The van der Waals surface area contributed by atoms with E-state index in [-0.39, 0.29) is 10.8 Å². The molecule has 3 rings (SSSR count). The van der Waals surface area contributed by atoms with Gasteiger partial charge < -0.3 is 10.1 Å². The van der Waals surface area contributed by atoms with Gasteiger partial charge in [-0.1, -0.05) is 29.8 Å². The summed E-state index contributed by atoms with van der Waals surface area (Å²) in [7, 11) is -3.51. The van der Waals surface area contributed by atoms with E-state index < -0.39 is 10.0 Å². The Morgan fingerprint density at radius 3 is 2.39 bits per heavy atom. The van der Waals surface area contributed by atoms with Gasteiger partial charge >= 0.3 is 0 Å². The minimum atomic E-state index is -3.51. The van der Waals surface area contributed by atoms with E-state index in [1.807, 2.05) is 32.0 Å². The van der Waals surface area contributed by atoms with Crippen molar-refractivity contribution in [1.29, 1.82) is 0 Å². The van der Waals surface area contributed by atoms with Gasteiger partial charge in [-0.15, -0.1) is 0 Å². The van der Waals surface area contributed by atoms with Gasteiger partial charge in [-0.05, 0) is 49.2 Å². The van der Waals surface area contributed by atoms with Gasteiger partial charge in [0.15, 0.2) is 0 Å². The molecule has 0 aliphatic carbocycles. The summed E-state index contributed by atoms with van der Waals surface area (Å²) in [5.41, 5.74) is 3.65. The SMILES string of the molecule is Cc1ccc(NC(=O)C=Cc2ccc(S(=O)(=O)N3CCOCC3)cc2)c(C)c1. The molecule has 7 heteroatoms. The number of ether oxygens (including phenoxy) is 1. The van der Waals surface area contributed by atoms with Crippen LogP contribution in [0, 0.1) is 13.8 Å². The summed E-state index contributed by atoms with van der Waals surface area (Å²) in [6, 6.07) is 12.3. The molecule has 2 aromatic carbocycles. The normalized spacial score (nSPS) is 15.6. The van der Waals surface area contributed by atoms with E-state index in [1.165, 1.54) is 10.4 Å². The molecule has 1 amide bonds. The zero-order valence-corrected chi connectivity index (χ0v) is 16.8. The van der Waals surface area contributed by atoms with Crippen molar-refractivity contribution in [3.63, 3.8) is 0 Å². The molecule has 1 aliphatic heterocycles. The number of amides is 1. The molecule has 2 aromatic rings. The Balaban J connectivity index is 1.65. The van der Waals surface area contributed by atoms with Crippen LogP contribution in [0.1, 0.15) is 16.7 Å². The fraction of sp³-hybridized carbons (Fsp3) is 0.286. The van der Waals surface area contributed by atoms with Gasteiger partial charge in [0.25, 0.3) is 0 Å². The maximum absolute atomic E-state index is 12.6. The van der Waals surface area contributed by atoms with Gasteiger partial charge in [-0.2, -0.15) is 4.31 Å². The van der Waals surface area contributed by atoms with Crippen LogP contribution in [0.2, 0.25) is 0 Å². The highest BCUT2D eigenvalue weighted by Crippen LogP contribution is 2.19. The summed E-state index contributed by atoms with van der Waals surface area (Å²) in [6.45, 7) is 5.50. The number of benzene rings is 2. The zero-order valence-electron chi connectivity index (χ0n) is 16.0. The second-order valence-corrected chi connectivity index (χ2v) is 8.66. The molecule has 0 radical (unpaired) electrons. The van der Waals surface area contributed by atoms with Crippen LogP contribution in [0.4, 0.5) is 5.69 Å². The van der Waals surface area contributed by atoms with Crippen LogP contribution in [-0.4, -0.2) is 44.9 Å². The Bertz CT molecular complexity index is 976. The Labute approximate surface area is 165 Å². The topological polar surface area (TPSA) is 75.7 Å². The van der Waals surface area contributed by atoms with Crippen molar-refractivity contribution >= 4 is 27.7 Å². The highest BCUT2D eigenvalue weighted by molar-refractivity contribution is 7.89. The summed E-state index contributed by atoms with van der Waals surface area (Å²) in [4.78, 5) is 12.4. The van der Waals surface area contributed by atoms with Crippen LogP contribution < -0.4 is 5.32 Å². The third-order valence-electron chi connectivity index (χ3n) is 4.55. The number of nitrogens with zero attached hydrogens (tertiary/aromatic N) is 1. The number of carbonyl (C=O) groups is 1. The van der Waals surface area contributed by atoms with Gasteiger partial charge in [0, 0.05) is 24.9 Å². The van der Waals surface area contributed by atoms with Crippen LogP contribution >= 0.6 is 0 Å². The summed E-state index contributed by atoms with van der Waals surface area (Å²) >= 11 is 0. The molecule has 1 saturated heterocycles. The largest absolute Gasteiger partial charge is 0.379 e. The Hall–Kier alpha value is -2.48. The van der Waals surface area contributed by atoms with Crippen LogP contribution in [-0.2, 0) is 19.6 Å². The number of sulfonamides is 1. The second-order valence-electron chi connectivity index (χ2n) is 6.73. The number of aryl methyl sites for hydroxylation is 2. The minimum absolute atomic E-state index is 0.239. The van der Waals surface area contributed by atoms with E-state index in [0.717, 1.165) is 22.4 Å². The Morgan fingerprint density at radius 2 is 1.75 bits per heavy atom. The molecule has 1 N–H and O–H groups in total. The number of rotatable bonds is 5. The van der Waals surface area contributed by atoms with Crippen molar-refractivity contribution < 1.29 is 17.9 Å². The molecule has 0 bridgehead atoms. The molecule has 1 aliphatic rings. The Morgan fingerprint density at radius 1 is 1.07 bits per heavy atom. The highest BCUT2D eigenvalue weighted by atomic mass is 32.2. The molecule has 1 fully saturated rings. The predicted molar refractivity (Wildman–Crippen MR) is 110 cm³/mol. The van der Waals surface area contributed by atoms with Gasteiger partial charge in [0.1, 0.15) is 0 Å². The lowest BCUT2D eigenvalue weighted by Gasteiger charge is -2.26. The number of nitrogens with one attached hydrogen (secondary N) is 1. The molecule has 0 aromatic heterocycles. The van der Waals surface area contributed by atoms with E-state index in [2.05, 4.69) is 5.32 Å². The molecular weight excluding hydrogens is 376 g/mol. The van der Waals surface area contributed by atoms with E-state index in [4.69, 9.17) is 4.74 Å². The highest BCUT2D eigenvalue weighted by Gasteiger charge is 2.25. The molecular formula is C21H24N2O4S. The molecule has 0 unspecified atom stereocenters. The first-order chi connectivity index (χ1) is 13.4. The number of hydrogen-bond acceptors (Lipinski definition) is 4. The average Bonchev–Trinajstić information content (AvgIpc) is 2.69. The van der Waals surface area contributed by atoms with Crippen molar-refractivity contribution in [3.8, 4) is 0 Å². The van der Waals surface area contributed by atoms with Crippen molar-refractivity contribution in [3.05, 3.63) is 65.2 Å². The lowest BCUT2D eigenvalue weighted by atomic mass is 10.1. The van der Waals surface area contributed by atoms with Gasteiger partial charge in [-0.25, -0.2) is 8.42 Å². The van der Waals surface area contributed by atoms with Crippen LogP contribution in [0.5, 0.6) is 0 Å². The maximum Gasteiger partial charge on any atom is 0.248 e. The summed E-state index contributed by atoms with van der Waals surface area (Å²) in [6.07, 6.45) is 3.09. The summed E-state index contributed by atoms with van der Waals surface area (Å²) in [5, 5.41) is 2.85. The molecule has 6 nitrogen and oxygen atoms in total. The van der Waals surface area contributed by atoms with Crippen molar-refractivity contribution in [1.82, 2.24) is 4.31 Å². The molecule has 0 spiro atoms. The first-order valence-corrected chi connectivity index (χ1v) is 10.5. The van der Waals surface area contributed by atoms with Crippen LogP contribution in [0.15, 0.2) is 53.4 Å². The van der Waals surface area contributed by atoms with E-state index in [9.17, 15) is 13.2 Å². The second kappa shape index (κ2) is 8.68. The van der Waals surface area contributed by atoms with Crippen molar-refractivity contribution in [2.75, 3.05) is 31.6 Å².